The first-order valence-corrected chi connectivity index (χ1v) is 6.37. The van der Waals surface area contributed by atoms with Crippen molar-refractivity contribution in [3.63, 3.8) is 0 Å². The Morgan fingerprint density at radius 2 is 1.45 bits per heavy atom. The first kappa shape index (κ1) is 15.9. The predicted molar refractivity (Wildman–Crippen MR) is 73.9 cm³/mol. The van der Waals surface area contributed by atoms with E-state index in [-0.39, 0.29) is 5.56 Å². The van der Waals surface area contributed by atoms with Gasteiger partial charge in [-0.1, -0.05) is 24.3 Å². The molecule has 0 heterocycles. The van der Waals surface area contributed by atoms with Gasteiger partial charge in [0, 0.05) is 0 Å². The minimum absolute atomic E-state index is 0.283. The lowest BCUT2D eigenvalue weighted by molar-refractivity contribution is -0.138. The second kappa shape index (κ2) is 6.09. The van der Waals surface area contributed by atoms with E-state index < -0.39 is 23.6 Å². The summed E-state index contributed by atoms with van der Waals surface area (Å²) in [6.07, 6.45) is -4.45. The number of carbonyl (C=O) groups is 1. The number of carboxylic acids is 1. The first-order chi connectivity index (χ1) is 10.3. The first-order valence-electron chi connectivity index (χ1n) is 6.37. The van der Waals surface area contributed by atoms with Crippen molar-refractivity contribution in [3.05, 3.63) is 65.2 Å². The van der Waals surface area contributed by atoms with Crippen molar-refractivity contribution in [2.24, 2.45) is 0 Å². The van der Waals surface area contributed by atoms with Crippen molar-refractivity contribution in [2.45, 2.75) is 12.1 Å². The Bertz CT molecular complexity index is 646. The highest BCUT2D eigenvalue weighted by Crippen LogP contribution is 2.32. The second-order valence-electron chi connectivity index (χ2n) is 4.66. The number of ether oxygens (including phenoxy) is 1. The number of rotatable bonds is 4. The topological polar surface area (TPSA) is 46.5 Å². The molecule has 1 atom stereocenters. The van der Waals surface area contributed by atoms with E-state index in [1.807, 2.05) is 0 Å². The molecule has 2 aromatic carbocycles. The van der Waals surface area contributed by atoms with Crippen LogP contribution in [-0.2, 0) is 11.0 Å². The highest BCUT2D eigenvalue weighted by molar-refractivity contribution is 5.80. The monoisotopic (exact) mass is 310 g/mol. The quantitative estimate of drug-likeness (QED) is 0.930. The largest absolute Gasteiger partial charge is 0.497 e. The number of methoxy groups -OCH3 is 1. The molecule has 0 spiro atoms. The molecular weight excluding hydrogens is 297 g/mol. The fourth-order valence-corrected chi connectivity index (χ4v) is 2.14. The summed E-state index contributed by atoms with van der Waals surface area (Å²) >= 11 is 0. The van der Waals surface area contributed by atoms with Crippen LogP contribution in [0.4, 0.5) is 13.2 Å². The van der Waals surface area contributed by atoms with Gasteiger partial charge in [0.1, 0.15) is 11.7 Å². The van der Waals surface area contributed by atoms with Crippen LogP contribution in [0, 0.1) is 0 Å². The zero-order valence-corrected chi connectivity index (χ0v) is 11.6. The molecule has 0 fully saturated rings. The van der Waals surface area contributed by atoms with Gasteiger partial charge in [0.2, 0.25) is 0 Å². The maximum atomic E-state index is 12.6. The Kier molecular flexibility index (Phi) is 4.40. The third kappa shape index (κ3) is 3.39. The molecule has 116 valence electrons. The van der Waals surface area contributed by atoms with Gasteiger partial charge in [-0.05, 0) is 35.4 Å². The molecule has 0 radical (unpaired) electrons. The summed E-state index contributed by atoms with van der Waals surface area (Å²) in [7, 11) is 1.49. The fourth-order valence-electron chi connectivity index (χ4n) is 2.14. The molecule has 2 rings (SSSR count). The summed E-state index contributed by atoms with van der Waals surface area (Å²) < 4.78 is 42.7. The van der Waals surface area contributed by atoms with Crippen LogP contribution >= 0.6 is 0 Å². The number of carboxylic acid groups (broad SMARTS) is 1. The molecular formula is C16H13F3O3. The number of halogens is 3. The number of hydrogen-bond acceptors (Lipinski definition) is 2. The summed E-state index contributed by atoms with van der Waals surface area (Å²) in [5.74, 6) is -1.60. The Morgan fingerprint density at radius 1 is 1.00 bits per heavy atom. The van der Waals surface area contributed by atoms with E-state index in [2.05, 4.69) is 0 Å². The van der Waals surface area contributed by atoms with Crippen LogP contribution in [0.2, 0.25) is 0 Å². The highest BCUT2D eigenvalue weighted by Gasteiger charge is 2.31. The maximum absolute atomic E-state index is 12.6. The van der Waals surface area contributed by atoms with Crippen LogP contribution in [0.1, 0.15) is 22.6 Å². The molecule has 22 heavy (non-hydrogen) atoms. The van der Waals surface area contributed by atoms with E-state index in [0.717, 1.165) is 12.1 Å². The molecule has 0 aromatic heterocycles. The van der Waals surface area contributed by atoms with Crippen LogP contribution in [0.5, 0.6) is 5.75 Å². The normalized spacial score (nSPS) is 12.7. The summed E-state index contributed by atoms with van der Waals surface area (Å²) in [4.78, 5) is 11.5. The van der Waals surface area contributed by atoms with E-state index in [1.165, 1.54) is 19.2 Å². The fraction of sp³-hybridized carbons (Fsp3) is 0.188. The lowest BCUT2D eigenvalue weighted by Gasteiger charge is -2.15. The van der Waals surface area contributed by atoms with Gasteiger partial charge in [0.15, 0.2) is 0 Å². The van der Waals surface area contributed by atoms with Crippen molar-refractivity contribution >= 4 is 5.97 Å². The van der Waals surface area contributed by atoms with Gasteiger partial charge in [-0.25, -0.2) is 0 Å². The summed E-state index contributed by atoms with van der Waals surface area (Å²) in [5.41, 5.74) is -0.0613. The summed E-state index contributed by atoms with van der Waals surface area (Å²) in [6, 6.07) is 10.5. The molecule has 1 unspecified atom stereocenters. The van der Waals surface area contributed by atoms with Crippen molar-refractivity contribution in [1.29, 1.82) is 0 Å². The number of aliphatic carboxylic acids is 1. The lowest BCUT2D eigenvalue weighted by Crippen LogP contribution is -2.13. The van der Waals surface area contributed by atoms with E-state index in [0.29, 0.717) is 11.3 Å². The van der Waals surface area contributed by atoms with Crippen LogP contribution in [0.3, 0.4) is 0 Å². The average molecular weight is 310 g/mol. The summed E-state index contributed by atoms with van der Waals surface area (Å²) in [5, 5.41) is 9.38. The smallest absolute Gasteiger partial charge is 0.416 e. The highest BCUT2D eigenvalue weighted by atomic mass is 19.4. The summed E-state index contributed by atoms with van der Waals surface area (Å²) in [6.45, 7) is 0. The Balaban J connectivity index is 2.37. The molecule has 1 N–H and O–H groups in total. The molecule has 0 aliphatic heterocycles. The Morgan fingerprint density at radius 3 is 1.82 bits per heavy atom. The SMILES string of the molecule is COc1ccc(C(C(=O)O)c2ccc(C(F)(F)F)cc2)cc1. The molecule has 6 heteroatoms. The minimum atomic E-state index is -4.45. The van der Waals surface area contributed by atoms with Crippen molar-refractivity contribution in [1.82, 2.24) is 0 Å². The molecule has 2 aromatic rings. The Hall–Kier alpha value is -2.50. The van der Waals surface area contributed by atoms with Gasteiger partial charge in [-0.3, -0.25) is 4.79 Å². The van der Waals surface area contributed by atoms with E-state index in [4.69, 9.17) is 4.74 Å². The van der Waals surface area contributed by atoms with Gasteiger partial charge in [0.05, 0.1) is 12.7 Å². The number of benzene rings is 2. The minimum Gasteiger partial charge on any atom is -0.497 e. The van der Waals surface area contributed by atoms with Gasteiger partial charge < -0.3 is 9.84 Å². The van der Waals surface area contributed by atoms with Gasteiger partial charge >= 0.3 is 12.1 Å². The van der Waals surface area contributed by atoms with Gasteiger partial charge in [-0.2, -0.15) is 13.2 Å². The predicted octanol–water partition coefficient (Wildman–Crippen LogP) is 3.93. The van der Waals surface area contributed by atoms with Crippen LogP contribution < -0.4 is 4.74 Å². The lowest BCUT2D eigenvalue weighted by atomic mass is 9.91. The number of alkyl halides is 3. The van der Waals surface area contributed by atoms with Crippen molar-refractivity contribution in [3.8, 4) is 5.75 Å². The van der Waals surface area contributed by atoms with Crippen molar-refractivity contribution in [2.75, 3.05) is 7.11 Å². The Labute approximate surface area is 125 Å². The van der Waals surface area contributed by atoms with E-state index >= 15 is 0 Å². The molecule has 0 bridgehead atoms. The van der Waals surface area contributed by atoms with E-state index in [1.54, 1.807) is 24.3 Å². The molecule has 3 nitrogen and oxygen atoms in total. The molecule has 0 saturated heterocycles. The van der Waals surface area contributed by atoms with E-state index in [9.17, 15) is 23.1 Å². The zero-order valence-electron chi connectivity index (χ0n) is 11.6. The van der Waals surface area contributed by atoms with Crippen LogP contribution in [-0.4, -0.2) is 18.2 Å². The van der Waals surface area contributed by atoms with Crippen LogP contribution in [0.15, 0.2) is 48.5 Å². The zero-order chi connectivity index (χ0) is 16.3. The molecule has 0 aliphatic carbocycles. The number of hydrogen-bond donors (Lipinski definition) is 1. The third-order valence-electron chi connectivity index (χ3n) is 3.27. The van der Waals surface area contributed by atoms with Gasteiger partial charge in [-0.15, -0.1) is 0 Å². The molecule has 0 saturated carbocycles. The average Bonchev–Trinajstić information content (AvgIpc) is 2.47. The maximum Gasteiger partial charge on any atom is 0.416 e. The van der Waals surface area contributed by atoms with Crippen LogP contribution in [0.25, 0.3) is 0 Å². The molecule has 0 amide bonds. The van der Waals surface area contributed by atoms with Crippen molar-refractivity contribution < 1.29 is 27.8 Å². The van der Waals surface area contributed by atoms with Gasteiger partial charge in [0.25, 0.3) is 0 Å². The second-order valence-corrected chi connectivity index (χ2v) is 4.66. The molecule has 0 aliphatic rings. The standard InChI is InChI=1S/C16H13F3O3/c1-22-13-8-4-11(5-9-13)14(15(20)21)10-2-6-12(7-3-10)16(17,18)19/h2-9,14H,1H3,(H,20,21). The third-order valence-corrected chi connectivity index (χ3v) is 3.27.